The van der Waals surface area contributed by atoms with Crippen molar-refractivity contribution < 1.29 is 19.1 Å². The zero-order valence-corrected chi connectivity index (χ0v) is 23.2. The lowest BCUT2D eigenvalue weighted by molar-refractivity contribution is -0.143. The Hall–Kier alpha value is -2.97. The van der Waals surface area contributed by atoms with Crippen molar-refractivity contribution >= 4 is 11.8 Å². The molecule has 0 aliphatic heterocycles. The van der Waals surface area contributed by atoms with Crippen molar-refractivity contribution in [1.29, 1.82) is 0 Å². The van der Waals surface area contributed by atoms with Crippen molar-refractivity contribution in [3.8, 4) is 5.75 Å². The number of nitrogens with zero attached hydrogens (tertiary/aromatic N) is 2. The molecule has 0 saturated carbocycles. The molecular weight excluding hydrogens is 471 g/mol. The van der Waals surface area contributed by atoms with E-state index in [0.717, 1.165) is 16.7 Å². The first-order valence-electron chi connectivity index (χ1n) is 12.7. The summed E-state index contributed by atoms with van der Waals surface area (Å²) >= 11 is 0. The number of primary amides is 1. The number of amides is 2. The molecule has 5 N–H and O–H groups in total. The van der Waals surface area contributed by atoms with E-state index in [-0.39, 0.29) is 41.3 Å². The van der Waals surface area contributed by atoms with E-state index >= 15 is 0 Å². The molecule has 0 saturated heterocycles. The summed E-state index contributed by atoms with van der Waals surface area (Å²) in [7, 11) is 3.44. The van der Waals surface area contributed by atoms with E-state index in [2.05, 4.69) is 0 Å². The van der Waals surface area contributed by atoms with Gasteiger partial charge in [-0.3, -0.25) is 14.5 Å². The lowest BCUT2D eigenvalue weighted by atomic mass is 9.84. The zero-order valence-electron chi connectivity index (χ0n) is 23.2. The van der Waals surface area contributed by atoms with E-state index in [1.54, 1.807) is 31.3 Å². The van der Waals surface area contributed by atoms with Crippen LogP contribution in [0, 0.1) is 11.7 Å². The van der Waals surface area contributed by atoms with Gasteiger partial charge in [-0.2, -0.15) is 0 Å². The van der Waals surface area contributed by atoms with Crippen LogP contribution in [0.15, 0.2) is 42.5 Å². The molecule has 0 fully saturated rings. The summed E-state index contributed by atoms with van der Waals surface area (Å²) < 4.78 is 13.2. The van der Waals surface area contributed by atoms with Crippen LogP contribution in [0.5, 0.6) is 5.75 Å². The molecule has 0 heterocycles. The number of phenols is 1. The first-order valence-corrected chi connectivity index (χ1v) is 12.7. The van der Waals surface area contributed by atoms with Gasteiger partial charge in [0.05, 0.1) is 6.04 Å². The minimum Gasteiger partial charge on any atom is -0.508 e. The Morgan fingerprint density at radius 1 is 1.00 bits per heavy atom. The Morgan fingerprint density at radius 3 is 2.08 bits per heavy atom. The maximum absolute atomic E-state index is 13.7. The Kier molecular flexibility index (Phi) is 10.2. The second-order valence-electron chi connectivity index (χ2n) is 11.4. The van der Waals surface area contributed by atoms with Crippen LogP contribution in [-0.4, -0.2) is 65.5 Å². The highest BCUT2D eigenvalue weighted by atomic mass is 19.1. The van der Waals surface area contributed by atoms with E-state index in [9.17, 15) is 19.1 Å². The highest BCUT2D eigenvalue weighted by molar-refractivity contribution is 5.89. The third-order valence-electron chi connectivity index (χ3n) is 6.73. The van der Waals surface area contributed by atoms with Crippen LogP contribution in [0.2, 0.25) is 0 Å². The van der Waals surface area contributed by atoms with E-state index in [4.69, 9.17) is 11.5 Å². The van der Waals surface area contributed by atoms with Gasteiger partial charge < -0.3 is 21.5 Å². The molecule has 3 unspecified atom stereocenters. The van der Waals surface area contributed by atoms with Crippen LogP contribution in [-0.2, 0) is 27.8 Å². The van der Waals surface area contributed by atoms with Gasteiger partial charge >= 0.3 is 0 Å². The van der Waals surface area contributed by atoms with Gasteiger partial charge in [0.15, 0.2) is 0 Å². The number of carbonyl (C=O) groups is 2. The van der Waals surface area contributed by atoms with Crippen molar-refractivity contribution in [3.05, 3.63) is 65.0 Å². The molecule has 0 aliphatic carbocycles. The molecule has 2 rings (SSSR count). The highest BCUT2D eigenvalue weighted by Crippen LogP contribution is 2.31. The number of carbonyl (C=O) groups excluding carboxylic acids is 2. The Bertz CT molecular complexity index is 1070. The van der Waals surface area contributed by atoms with Crippen LogP contribution in [0.1, 0.15) is 51.3 Å². The van der Waals surface area contributed by atoms with E-state index in [1.807, 2.05) is 52.6 Å². The Labute approximate surface area is 220 Å². The van der Waals surface area contributed by atoms with Crippen molar-refractivity contribution in [2.45, 2.75) is 71.0 Å². The number of hydrogen-bond donors (Lipinski definition) is 3. The summed E-state index contributed by atoms with van der Waals surface area (Å²) in [6.07, 6.45) is 0.778. The Balaban J connectivity index is 2.19. The predicted octanol–water partition coefficient (Wildman–Crippen LogP) is 3.21. The molecule has 204 valence electrons. The smallest absolute Gasteiger partial charge is 0.240 e. The summed E-state index contributed by atoms with van der Waals surface area (Å²) in [5.74, 6) is -0.971. The topological polar surface area (TPSA) is 113 Å². The predicted molar refractivity (Wildman–Crippen MR) is 146 cm³/mol. The number of likely N-dealkylation sites (N-methyl/N-ethyl adjacent to an activating group) is 2. The molecular formula is C29H43FN4O3. The Morgan fingerprint density at radius 2 is 1.57 bits per heavy atom. The second kappa shape index (κ2) is 12.5. The second-order valence-corrected chi connectivity index (χ2v) is 11.4. The average Bonchev–Trinajstić information content (AvgIpc) is 2.78. The standard InChI is InChI=1S/C29H43FN4O3/c1-18(2)26(33(6)17-22(31)14-19-8-11-21(30)12-9-19)28(37)34(7)24(27(32)36)16-20-10-13-25(35)23(15-20)29(3,4)5/h8-13,15,18,22,24,26,35H,14,16-17,31H2,1-7H3,(H2,32,36). The number of hydrogen-bond acceptors (Lipinski definition) is 5. The number of phenolic OH excluding ortho intramolecular Hbond substituents is 1. The van der Waals surface area contributed by atoms with Gasteiger partial charge in [0.1, 0.15) is 17.6 Å². The summed E-state index contributed by atoms with van der Waals surface area (Å²) in [5.41, 5.74) is 14.3. The molecule has 2 amide bonds. The third-order valence-corrected chi connectivity index (χ3v) is 6.73. The molecule has 0 spiro atoms. The number of halogens is 1. The number of nitrogens with two attached hydrogens (primary N) is 2. The van der Waals surface area contributed by atoms with Gasteiger partial charge in [0.25, 0.3) is 0 Å². The first kappa shape index (κ1) is 30.3. The molecule has 2 aromatic carbocycles. The average molecular weight is 515 g/mol. The van der Waals surface area contributed by atoms with Crippen molar-refractivity contribution in [1.82, 2.24) is 9.80 Å². The summed E-state index contributed by atoms with van der Waals surface area (Å²) in [6, 6.07) is 9.82. The SMILES string of the molecule is CC(C)C(C(=O)N(C)C(Cc1ccc(O)c(C(C)(C)C)c1)C(N)=O)N(C)CC(N)Cc1ccc(F)cc1. The van der Waals surface area contributed by atoms with Gasteiger partial charge in [-0.15, -0.1) is 0 Å². The molecule has 7 nitrogen and oxygen atoms in total. The number of benzene rings is 2. The molecule has 3 atom stereocenters. The highest BCUT2D eigenvalue weighted by Gasteiger charge is 2.35. The van der Waals surface area contributed by atoms with Gasteiger partial charge in [0, 0.05) is 26.1 Å². The molecule has 0 bridgehead atoms. The lowest BCUT2D eigenvalue weighted by Gasteiger charge is -2.37. The zero-order chi connectivity index (χ0) is 28.1. The van der Waals surface area contributed by atoms with Gasteiger partial charge in [-0.25, -0.2) is 4.39 Å². The molecule has 8 heteroatoms. The fourth-order valence-electron chi connectivity index (χ4n) is 4.78. The molecule has 37 heavy (non-hydrogen) atoms. The van der Waals surface area contributed by atoms with Crippen molar-refractivity contribution in [2.75, 3.05) is 20.6 Å². The van der Waals surface area contributed by atoms with Crippen molar-refractivity contribution in [2.24, 2.45) is 17.4 Å². The van der Waals surface area contributed by atoms with Crippen LogP contribution in [0.4, 0.5) is 4.39 Å². The van der Waals surface area contributed by atoms with Gasteiger partial charge in [-0.1, -0.05) is 58.9 Å². The van der Waals surface area contributed by atoms with Crippen LogP contribution < -0.4 is 11.5 Å². The third kappa shape index (κ3) is 8.27. The fraction of sp³-hybridized carbons (Fsp3) is 0.517. The van der Waals surface area contributed by atoms with E-state index < -0.39 is 18.0 Å². The van der Waals surface area contributed by atoms with Crippen LogP contribution >= 0.6 is 0 Å². The molecule has 0 aliphatic rings. The number of rotatable bonds is 11. The maximum atomic E-state index is 13.7. The van der Waals surface area contributed by atoms with Crippen molar-refractivity contribution in [3.63, 3.8) is 0 Å². The van der Waals surface area contributed by atoms with E-state index in [0.29, 0.717) is 13.0 Å². The monoisotopic (exact) mass is 514 g/mol. The molecule has 0 aromatic heterocycles. The maximum Gasteiger partial charge on any atom is 0.240 e. The lowest BCUT2D eigenvalue weighted by Crippen LogP contribution is -2.56. The molecule has 0 radical (unpaired) electrons. The number of aromatic hydroxyl groups is 1. The summed E-state index contributed by atoms with van der Waals surface area (Å²) in [5, 5.41) is 10.3. The first-order chi connectivity index (χ1) is 17.1. The quantitative estimate of drug-likeness (QED) is 0.426. The van der Waals surface area contributed by atoms with Gasteiger partial charge in [0.2, 0.25) is 11.8 Å². The minimum absolute atomic E-state index is 0.0485. The fourth-order valence-corrected chi connectivity index (χ4v) is 4.78. The summed E-state index contributed by atoms with van der Waals surface area (Å²) in [6.45, 7) is 10.3. The molecule has 2 aromatic rings. The minimum atomic E-state index is -0.854. The van der Waals surface area contributed by atoms with Crippen LogP contribution in [0.3, 0.4) is 0 Å². The normalized spacial score (nSPS) is 14.5. The van der Waals surface area contributed by atoms with Gasteiger partial charge in [-0.05, 0) is 59.7 Å². The summed E-state index contributed by atoms with van der Waals surface area (Å²) in [4.78, 5) is 29.5. The van der Waals surface area contributed by atoms with E-state index in [1.165, 1.54) is 17.0 Å². The van der Waals surface area contributed by atoms with Crippen LogP contribution in [0.25, 0.3) is 0 Å². The largest absolute Gasteiger partial charge is 0.508 e.